The fraction of sp³-hybridized carbons (Fsp3) is 0.400. The van der Waals surface area contributed by atoms with Gasteiger partial charge in [-0.05, 0) is 24.6 Å². The van der Waals surface area contributed by atoms with Crippen molar-refractivity contribution in [2.24, 2.45) is 5.73 Å². The minimum absolute atomic E-state index is 0.0102. The number of methoxy groups -OCH3 is 2. The van der Waals surface area contributed by atoms with Gasteiger partial charge >= 0.3 is 0 Å². The molecule has 0 unspecified atom stereocenters. The normalized spacial score (nSPS) is 12.3. The molecule has 0 radical (unpaired) electrons. The Morgan fingerprint density at radius 2 is 1.54 bits per heavy atom. The van der Waals surface area contributed by atoms with Crippen molar-refractivity contribution in [2.45, 2.75) is 13.0 Å². The molecule has 3 heteroatoms. The molecule has 0 saturated heterocycles. The van der Waals surface area contributed by atoms with Crippen LogP contribution in [0.3, 0.4) is 0 Å². The van der Waals surface area contributed by atoms with Gasteiger partial charge in [0.05, 0.1) is 14.2 Å². The first-order chi connectivity index (χ1) is 6.17. The Kier molecular flexibility index (Phi) is 3.14. The summed E-state index contributed by atoms with van der Waals surface area (Å²) in [5, 5.41) is 0. The summed E-state index contributed by atoms with van der Waals surface area (Å²) in [5.41, 5.74) is 6.76. The average Bonchev–Trinajstić information content (AvgIpc) is 2.16. The van der Waals surface area contributed by atoms with Crippen LogP contribution in [0.5, 0.6) is 11.5 Å². The van der Waals surface area contributed by atoms with Crippen LogP contribution in [0.4, 0.5) is 0 Å². The first-order valence-corrected chi connectivity index (χ1v) is 4.16. The molecule has 13 heavy (non-hydrogen) atoms. The van der Waals surface area contributed by atoms with Crippen molar-refractivity contribution in [1.82, 2.24) is 0 Å². The van der Waals surface area contributed by atoms with Crippen molar-refractivity contribution in [1.29, 1.82) is 0 Å². The van der Waals surface area contributed by atoms with Crippen LogP contribution in [0, 0.1) is 0 Å². The SMILES string of the molecule is COc1cc(OC)cc([C@H](C)N)c1. The first kappa shape index (κ1) is 9.86. The van der Waals surface area contributed by atoms with Gasteiger partial charge in [0.15, 0.2) is 0 Å². The highest BCUT2D eigenvalue weighted by Crippen LogP contribution is 2.25. The highest BCUT2D eigenvalue weighted by atomic mass is 16.5. The summed E-state index contributed by atoms with van der Waals surface area (Å²) >= 11 is 0. The lowest BCUT2D eigenvalue weighted by atomic mass is 10.1. The van der Waals surface area contributed by atoms with Crippen LogP contribution in [0.2, 0.25) is 0 Å². The van der Waals surface area contributed by atoms with Gasteiger partial charge < -0.3 is 15.2 Å². The Balaban J connectivity index is 3.07. The zero-order valence-electron chi connectivity index (χ0n) is 8.20. The lowest BCUT2D eigenvalue weighted by Gasteiger charge is -2.10. The molecule has 0 saturated carbocycles. The molecule has 0 amide bonds. The van der Waals surface area contributed by atoms with Crippen LogP contribution in [0.25, 0.3) is 0 Å². The van der Waals surface area contributed by atoms with E-state index in [-0.39, 0.29) is 6.04 Å². The topological polar surface area (TPSA) is 44.5 Å². The van der Waals surface area contributed by atoms with Crippen molar-refractivity contribution >= 4 is 0 Å². The largest absolute Gasteiger partial charge is 0.497 e. The lowest BCUT2D eigenvalue weighted by molar-refractivity contribution is 0.393. The second-order valence-corrected chi connectivity index (χ2v) is 2.93. The Morgan fingerprint density at radius 1 is 1.08 bits per heavy atom. The smallest absolute Gasteiger partial charge is 0.122 e. The van der Waals surface area contributed by atoms with Crippen molar-refractivity contribution in [3.63, 3.8) is 0 Å². The Hall–Kier alpha value is -1.22. The minimum atomic E-state index is -0.0102. The summed E-state index contributed by atoms with van der Waals surface area (Å²) in [6, 6.07) is 5.63. The van der Waals surface area contributed by atoms with E-state index >= 15 is 0 Å². The molecule has 1 rings (SSSR count). The molecular weight excluding hydrogens is 166 g/mol. The van der Waals surface area contributed by atoms with Crippen LogP contribution >= 0.6 is 0 Å². The number of ether oxygens (including phenoxy) is 2. The number of hydrogen-bond donors (Lipinski definition) is 1. The molecule has 0 aliphatic rings. The van der Waals surface area contributed by atoms with Gasteiger partial charge in [0.2, 0.25) is 0 Å². The van der Waals surface area contributed by atoms with Crippen LogP contribution in [0.1, 0.15) is 18.5 Å². The zero-order valence-corrected chi connectivity index (χ0v) is 8.20. The molecular formula is C10H15NO2. The molecule has 0 fully saturated rings. The molecule has 0 aliphatic carbocycles. The quantitative estimate of drug-likeness (QED) is 0.772. The summed E-state index contributed by atoms with van der Waals surface area (Å²) < 4.78 is 10.2. The van der Waals surface area contributed by atoms with Crippen molar-refractivity contribution in [3.8, 4) is 11.5 Å². The molecule has 0 aromatic heterocycles. The monoisotopic (exact) mass is 181 g/mol. The van der Waals surface area contributed by atoms with Gasteiger partial charge in [-0.25, -0.2) is 0 Å². The minimum Gasteiger partial charge on any atom is -0.497 e. The van der Waals surface area contributed by atoms with E-state index in [4.69, 9.17) is 15.2 Å². The molecule has 1 aromatic rings. The van der Waals surface area contributed by atoms with Crippen LogP contribution in [-0.4, -0.2) is 14.2 Å². The fourth-order valence-corrected chi connectivity index (χ4v) is 1.09. The predicted molar refractivity (Wildman–Crippen MR) is 52.1 cm³/mol. The fourth-order valence-electron chi connectivity index (χ4n) is 1.09. The van der Waals surface area contributed by atoms with Gasteiger partial charge in [-0.3, -0.25) is 0 Å². The summed E-state index contributed by atoms with van der Waals surface area (Å²) in [6.45, 7) is 1.92. The third-order valence-corrected chi connectivity index (χ3v) is 1.90. The van der Waals surface area contributed by atoms with E-state index in [0.29, 0.717) is 0 Å². The molecule has 2 N–H and O–H groups in total. The van der Waals surface area contributed by atoms with Crippen molar-refractivity contribution in [3.05, 3.63) is 23.8 Å². The molecule has 72 valence electrons. The first-order valence-electron chi connectivity index (χ1n) is 4.16. The van der Waals surface area contributed by atoms with E-state index in [1.165, 1.54) is 0 Å². The maximum Gasteiger partial charge on any atom is 0.122 e. The van der Waals surface area contributed by atoms with Gasteiger partial charge in [0, 0.05) is 12.1 Å². The maximum absolute atomic E-state index is 5.75. The predicted octanol–water partition coefficient (Wildman–Crippen LogP) is 1.72. The maximum atomic E-state index is 5.75. The summed E-state index contributed by atoms with van der Waals surface area (Å²) in [7, 11) is 3.25. The standard InChI is InChI=1S/C10H15NO2/c1-7(11)8-4-9(12-2)6-10(5-8)13-3/h4-7H,11H2,1-3H3/t7-/m0/s1. The molecule has 0 aliphatic heterocycles. The molecule has 1 aromatic carbocycles. The highest BCUT2D eigenvalue weighted by Gasteiger charge is 2.04. The highest BCUT2D eigenvalue weighted by molar-refractivity contribution is 5.39. The van der Waals surface area contributed by atoms with Crippen LogP contribution < -0.4 is 15.2 Å². The number of benzene rings is 1. The molecule has 0 bridgehead atoms. The van der Waals surface area contributed by atoms with Gasteiger partial charge in [-0.1, -0.05) is 0 Å². The molecule has 3 nitrogen and oxygen atoms in total. The second kappa shape index (κ2) is 4.14. The van der Waals surface area contributed by atoms with E-state index in [0.717, 1.165) is 17.1 Å². The third-order valence-electron chi connectivity index (χ3n) is 1.90. The van der Waals surface area contributed by atoms with E-state index in [1.807, 2.05) is 25.1 Å². The number of nitrogens with two attached hydrogens (primary N) is 1. The Morgan fingerprint density at radius 3 is 1.85 bits per heavy atom. The van der Waals surface area contributed by atoms with Gasteiger partial charge in [0.1, 0.15) is 11.5 Å². The summed E-state index contributed by atoms with van der Waals surface area (Å²) in [5.74, 6) is 1.54. The van der Waals surface area contributed by atoms with E-state index in [1.54, 1.807) is 14.2 Å². The van der Waals surface area contributed by atoms with Gasteiger partial charge in [0.25, 0.3) is 0 Å². The molecule has 0 spiro atoms. The average molecular weight is 181 g/mol. The lowest BCUT2D eigenvalue weighted by Crippen LogP contribution is -2.05. The Bertz CT molecular complexity index is 262. The molecule has 1 atom stereocenters. The van der Waals surface area contributed by atoms with Crippen LogP contribution in [-0.2, 0) is 0 Å². The van der Waals surface area contributed by atoms with E-state index < -0.39 is 0 Å². The summed E-state index contributed by atoms with van der Waals surface area (Å²) in [6.07, 6.45) is 0. The van der Waals surface area contributed by atoms with E-state index in [9.17, 15) is 0 Å². The third kappa shape index (κ3) is 2.36. The number of rotatable bonds is 3. The van der Waals surface area contributed by atoms with E-state index in [2.05, 4.69) is 0 Å². The van der Waals surface area contributed by atoms with Crippen molar-refractivity contribution in [2.75, 3.05) is 14.2 Å². The van der Waals surface area contributed by atoms with Crippen molar-refractivity contribution < 1.29 is 9.47 Å². The van der Waals surface area contributed by atoms with Crippen LogP contribution in [0.15, 0.2) is 18.2 Å². The Labute approximate surface area is 78.5 Å². The number of hydrogen-bond acceptors (Lipinski definition) is 3. The zero-order chi connectivity index (χ0) is 9.84. The second-order valence-electron chi connectivity index (χ2n) is 2.93. The van der Waals surface area contributed by atoms with Gasteiger partial charge in [-0.15, -0.1) is 0 Å². The molecule has 0 heterocycles. The van der Waals surface area contributed by atoms with Gasteiger partial charge in [-0.2, -0.15) is 0 Å². The summed E-state index contributed by atoms with van der Waals surface area (Å²) in [4.78, 5) is 0.